The smallest absolute Gasteiger partial charge is 0.326 e. The summed E-state index contributed by atoms with van der Waals surface area (Å²) in [7, 11) is 0. The molecule has 0 bridgehead atoms. The number of hydrogen-bond donors (Lipinski definition) is 0. The molecule has 0 spiro atoms. The SMILES string of the molecule is CCOc1ncc(C2=NC(c3ccc(Cl)cc3)C(c3ccc(Cl)cc3)N2C(=O)N2CCN(CC(=O)N3CCOCC3)CC2)c(OCC)n1. The number of carbonyl (C=O) groups is 2. The summed E-state index contributed by atoms with van der Waals surface area (Å²) in [6.45, 7) is 9.08. The van der Waals surface area contributed by atoms with Gasteiger partial charge in [0.15, 0.2) is 0 Å². The van der Waals surface area contributed by atoms with Crippen LogP contribution in [-0.4, -0.2) is 120 Å². The monoisotopic (exact) mass is 695 g/mol. The number of urea groups is 1. The van der Waals surface area contributed by atoms with Gasteiger partial charge in [0.25, 0.3) is 0 Å². The van der Waals surface area contributed by atoms with E-state index in [2.05, 4.69) is 14.9 Å². The van der Waals surface area contributed by atoms with Gasteiger partial charge in [0, 0.05) is 55.5 Å². The van der Waals surface area contributed by atoms with Gasteiger partial charge in [-0.1, -0.05) is 47.5 Å². The fourth-order valence-corrected chi connectivity index (χ4v) is 6.41. The van der Waals surface area contributed by atoms with Crippen molar-refractivity contribution in [3.05, 3.63) is 81.5 Å². The van der Waals surface area contributed by atoms with E-state index in [9.17, 15) is 9.59 Å². The first kappa shape index (κ1) is 33.9. The number of carbonyl (C=O) groups excluding carboxylic acids is 2. The lowest BCUT2D eigenvalue weighted by atomic mass is 9.94. The van der Waals surface area contributed by atoms with E-state index in [0.717, 1.165) is 11.1 Å². The van der Waals surface area contributed by atoms with E-state index < -0.39 is 12.1 Å². The number of rotatable bonds is 9. The third kappa shape index (κ3) is 7.52. The van der Waals surface area contributed by atoms with Gasteiger partial charge in [0.1, 0.15) is 11.9 Å². The zero-order valence-corrected chi connectivity index (χ0v) is 28.6. The standard InChI is InChI=1S/C34H39Cl2N7O5/c1-3-47-32-27(21-37-33(39-32)48-4-2)31-38-29(23-5-9-25(35)10-6-23)30(24-7-11-26(36)12-8-24)43(31)34(45)42-15-13-40(14-16-42)22-28(44)41-17-19-46-20-18-41/h5-12,21,29-30H,3-4,13-20,22H2,1-2H3. The van der Waals surface area contributed by atoms with Crippen molar-refractivity contribution in [2.45, 2.75) is 25.9 Å². The molecule has 254 valence electrons. The first-order valence-corrected chi connectivity index (χ1v) is 17.0. The van der Waals surface area contributed by atoms with E-state index in [0.29, 0.717) is 93.7 Å². The molecule has 2 unspecified atom stereocenters. The number of hydrogen-bond acceptors (Lipinski definition) is 9. The average Bonchev–Trinajstić information content (AvgIpc) is 3.50. The molecular weight excluding hydrogens is 657 g/mol. The minimum absolute atomic E-state index is 0.0830. The molecule has 3 aromatic rings. The molecule has 48 heavy (non-hydrogen) atoms. The predicted octanol–water partition coefficient (Wildman–Crippen LogP) is 4.72. The lowest BCUT2D eigenvalue weighted by Crippen LogP contribution is -2.56. The number of nitrogens with zero attached hydrogens (tertiary/aromatic N) is 7. The Morgan fingerprint density at radius 3 is 2.08 bits per heavy atom. The van der Waals surface area contributed by atoms with E-state index >= 15 is 0 Å². The Labute approximate surface area is 290 Å². The molecule has 14 heteroatoms. The normalized spacial score (nSPS) is 20.1. The van der Waals surface area contributed by atoms with Crippen LogP contribution in [0.2, 0.25) is 10.0 Å². The highest BCUT2D eigenvalue weighted by Gasteiger charge is 2.45. The number of piperazine rings is 1. The maximum absolute atomic E-state index is 14.8. The summed E-state index contributed by atoms with van der Waals surface area (Å²) in [5, 5.41) is 1.18. The molecule has 2 atom stereocenters. The van der Waals surface area contributed by atoms with Crippen LogP contribution in [0.15, 0.2) is 59.7 Å². The van der Waals surface area contributed by atoms with Crippen molar-refractivity contribution in [2.75, 3.05) is 72.2 Å². The lowest BCUT2D eigenvalue weighted by molar-refractivity contribution is -0.136. The molecule has 0 aliphatic carbocycles. The van der Waals surface area contributed by atoms with Gasteiger partial charge >= 0.3 is 12.0 Å². The zero-order valence-electron chi connectivity index (χ0n) is 27.1. The van der Waals surface area contributed by atoms with Crippen molar-refractivity contribution in [2.24, 2.45) is 4.99 Å². The Bertz CT molecular complexity index is 1610. The third-order valence-electron chi connectivity index (χ3n) is 8.59. The Morgan fingerprint density at radius 1 is 0.833 bits per heavy atom. The van der Waals surface area contributed by atoms with Crippen molar-refractivity contribution in [1.29, 1.82) is 0 Å². The molecule has 1 aromatic heterocycles. The minimum Gasteiger partial charge on any atom is -0.477 e. The van der Waals surface area contributed by atoms with Gasteiger partial charge < -0.3 is 24.0 Å². The van der Waals surface area contributed by atoms with Crippen molar-refractivity contribution in [1.82, 2.24) is 29.6 Å². The second-order valence-corrected chi connectivity index (χ2v) is 12.5. The number of amides is 3. The van der Waals surface area contributed by atoms with E-state index in [1.54, 1.807) is 11.1 Å². The number of morpholine rings is 1. The Hall–Kier alpha value is -3.97. The summed E-state index contributed by atoms with van der Waals surface area (Å²) in [5.74, 6) is 0.737. The molecule has 2 aromatic carbocycles. The summed E-state index contributed by atoms with van der Waals surface area (Å²) >= 11 is 12.6. The van der Waals surface area contributed by atoms with Crippen LogP contribution in [-0.2, 0) is 9.53 Å². The van der Waals surface area contributed by atoms with E-state index in [1.165, 1.54) is 0 Å². The zero-order chi connectivity index (χ0) is 33.6. The van der Waals surface area contributed by atoms with Crippen LogP contribution < -0.4 is 9.47 Å². The van der Waals surface area contributed by atoms with Gasteiger partial charge in [-0.2, -0.15) is 4.98 Å². The van der Waals surface area contributed by atoms with Gasteiger partial charge in [-0.3, -0.25) is 19.6 Å². The van der Waals surface area contributed by atoms with Gasteiger partial charge in [-0.15, -0.1) is 0 Å². The third-order valence-corrected chi connectivity index (χ3v) is 9.09. The molecular formula is C34H39Cl2N7O5. The minimum atomic E-state index is -0.534. The molecule has 0 N–H and O–H groups in total. The lowest BCUT2D eigenvalue weighted by Gasteiger charge is -2.39. The molecule has 3 aliphatic rings. The van der Waals surface area contributed by atoms with Crippen molar-refractivity contribution in [3.8, 4) is 11.9 Å². The summed E-state index contributed by atoms with van der Waals surface area (Å²) in [6.07, 6.45) is 1.60. The first-order valence-electron chi connectivity index (χ1n) is 16.2. The number of halogens is 2. The average molecular weight is 697 g/mol. The van der Waals surface area contributed by atoms with Crippen LogP contribution in [0.25, 0.3) is 0 Å². The molecule has 0 saturated carbocycles. The highest BCUT2D eigenvalue weighted by molar-refractivity contribution is 6.30. The Kier molecular flexibility index (Phi) is 11.0. The predicted molar refractivity (Wildman–Crippen MR) is 182 cm³/mol. The molecule has 0 radical (unpaired) electrons. The summed E-state index contributed by atoms with van der Waals surface area (Å²) in [5.41, 5.74) is 2.20. The maximum Gasteiger partial charge on any atom is 0.326 e. The largest absolute Gasteiger partial charge is 0.477 e. The molecule has 12 nitrogen and oxygen atoms in total. The van der Waals surface area contributed by atoms with Gasteiger partial charge in [0.05, 0.1) is 44.6 Å². The van der Waals surface area contributed by atoms with Gasteiger partial charge in [-0.25, -0.2) is 9.78 Å². The van der Waals surface area contributed by atoms with E-state index in [-0.39, 0.29) is 23.8 Å². The fourth-order valence-electron chi connectivity index (χ4n) is 6.16. The molecule has 3 amide bonds. The molecule has 6 rings (SSSR count). The number of amidine groups is 1. The Morgan fingerprint density at radius 2 is 1.46 bits per heavy atom. The molecule has 2 saturated heterocycles. The van der Waals surface area contributed by atoms with Crippen molar-refractivity contribution < 1.29 is 23.8 Å². The van der Waals surface area contributed by atoms with Gasteiger partial charge in [0.2, 0.25) is 11.8 Å². The second kappa shape index (κ2) is 15.5. The number of aliphatic imine (C=N–C) groups is 1. The van der Waals surface area contributed by atoms with Crippen LogP contribution in [0.4, 0.5) is 4.79 Å². The summed E-state index contributed by atoms with van der Waals surface area (Å²) in [4.78, 5) is 49.4. The number of aromatic nitrogens is 2. The highest BCUT2D eigenvalue weighted by atomic mass is 35.5. The van der Waals surface area contributed by atoms with Crippen LogP contribution in [0.1, 0.15) is 42.6 Å². The summed E-state index contributed by atoms with van der Waals surface area (Å²) < 4.78 is 16.9. The van der Waals surface area contributed by atoms with Crippen LogP contribution in [0, 0.1) is 0 Å². The van der Waals surface area contributed by atoms with Crippen LogP contribution in [0.3, 0.4) is 0 Å². The highest BCUT2D eigenvalue weighted by Crippen LogP contribution is 2.45. The second-order valence-electron chi connectivity index (χ2n) is 11.6. The number of benzene rings is 2. The molecule has 4 heterocycles. The molecule has 3 aliphatic heterocycles. The fraction of sp³-hybridized carbons (Fsp3) is 0.441. The van der Waals surface area contributed by atoms with E-state index in [1.807, 2.05) is 72.2 Å². The Balaban J connectivity index is 1.35. The van der Waals surface area contributed by atoms with Crippen LogP contribution in [0.5, 0.6) is 11.9 Å². The molecule has 2 fully saturated rings. The first-order chi connectivity index (χ1) is 23.4. The van der Waals surface area contributed by atoms with Gasteiger partial charge in [-0.05, 0) is 49.2 Å². The number of ether oxygens (including phenoxy) is 3. The van der Waals surface area contributed by atoms with Crippen molar-refractivity contribution in [3.63, 3.8) is 0 Å². The summed E-state index contributed by atoms with van der Waals surface area (Å²) in [6, 6.07) is 13.9. The maximum atomic E-state index is 14.8. The van der Waals surface area contributed by atoms with Crippen molar-refractivity contribution >= 4 is 41.0 Å². The quantitative estimate of drug-likeness (QED) is 0.316. The van der Waals surface area contributed by atoms with Crippen LogP contribution >= 0.6 is 23.2 Å². The van der Waals surface area contributed by atoms with E-state index in [4.69, 9.17) is 42.4 Å². The topological polar surface area (TPSA) is 113 Å².